The summed E-state index contributed by atoms with van der Waals surface area (Å²) >= 11 is 3.18. The number of carbonyl (C=O) groups is 1. The number of hydrazone groups is 1. The number of nitro groups is 1. The quantitative estimate of drug-likeness (QED) is 0.419. The third kappa shape index (κ3) is 6.18. The maximum Gasteiger partial charge on any atom is 0.277 e. The Morgan fingerprint density at radius 2 is 1.93 bits per heavy atom. The number of carbonyl (C=O) groups excluding carboxylic acids is 1. The van der Waals surface area contributed by atoms with Crippen molar-refractivity contribution in [1.29, 1.82) is 0 Å². The second-order valence-corrected chi connectivity index (χ2v) is 7.68. The van der Waals surface area contributed by atoms with Gasteiger partial charge >= 0.3 is 0 Å². The van der Waals surface area contributed by atoms with Crippen molar-refractivity contribution in [2.45, 2.75) is 26.2 Å². The minimum absolute atomic E-state index is 0.0687. The Balaban J connectivity index is 1.86. The average Bonchev–Trinajstić information content (AvgIpc) is 2.60. The number of non-ortho nitro benzene ring substituents is 1. The van der Waals surface area contributed by atoms with E-state index in [1.807, 2.05) is 24.3 Å². The monoisotopic (exact) mass is 433 g/mol. The predicted octanol–water partition coefficient (Wildman–Crippen LogP) is 4.18. The molecule has 0 radical (unpaired) electrons. The van der Waals surface area contributed by atoms with Gasteiger partial charge in [0.2, 0.25) is 0 Å². The molecule has 0 unspecified atom stereocenters. The molecule has 0 saturated carbocycles. The molecule has 0 atom stereocenters. The lowest BCUT2D eigenvalue weighted by Crippen LogP contribution is -2.24. The highest BCUT2D eigenvalue weighted by Crippen LogP contribution is 2.29. The van der Waals surface area contributed by atoms with Gasteiger partial charge in [-0.15, -0.1) is 0 Å². The van der Waals surface area contributed by atoms with Crippen LogP contribution in [-0.2, 0) is 10.2 Å². The van der Waals surface area contributed by atoms with Crippen LogP contribution in [0.1, 0.15) is 31.9 Å². The van der Waals surface area contributed by atoms with E-state index < -0.39 is 10.8 Å². The van der Waals surface area contributed by atoms with Crippen LogP contribution in [-0.4, -0.2) is 23.7 Å². The number of rotatable bonds is 6. The molecule has 2 rings (SSSR count). The molecule has 8 heteroatoms. The van der Waals surface area contributed by atoms with E-state index in [9.17, 15) is 14.9 Å². The van der Waals surface area contributed by atoms with Crippen molar-refractivity contribution >= 4 is 33.7 Å². The summed E-state index contributed by atoms with van der Waals surface area (Å²) in [5.74, 6) is -0.111. The highest BCUT2D eigenvalue weighted by Gasteiger charge is 2.13. The second kappa shape index (κ2) is 8.77. The first kappa shape index (κ1) is 20.6. The van der Waals surface area contributed by atoms with Gasteiger partial charge in [-0.1, -0.05) is 45.0 Å². The third-order valence-electron chi connectivity index (χ3n) is 3.66. The van der Waals surface area contributed by atoms with Crippen LogP contribution in [0, 0.1) is 10.1 Å². The second-order valence-electron chi connectivity index (χ2n) is 6.83. The summed E-state index contributed by atoms with van der Waals surface area (Å²) in [6.45, 7) is 6.15. The van der Waals surface area contributed by atoms with E-state index in [1.165, 1.54) is 23.8 Å². The van der Waals surface area contributed by atoms with Crippen molar-refractivity contribution in [2.24, 2.45) is 5.10 Å². The Labute approximate surface area is 165 Å². The minimum atomic E-state index is -0.510. The zero-order valence-corrected chi connectivity index (χ0v) is 16.8. The summed E-state index contributed by atoms with van der Waals surface area (Å²) in [6.07, 6.45) is 1.55. The first-order valence-electron chi connectivity index (χ1n) is 8.16. The molecule has 0 aliphatic heterocycles. The Morgan fingerprint density at radius 3 is 2.48 bits per heavy atom. The number of hydrogen-bond donors (Lipinski definition) is 1. The predicted molar refractivity (Wildman–Crippen MR) is 107 cm³/mol. The smallest absolute Gasteiger partial charge is 0.277 e. The fourth-order valence-corrected chi connectivity index (χ4v) is 2.63. The van der Waals surface area contributed by atoms with Gasteiger partial charge < -0.3 is 4.74 Å². The van der Waals surface area contributed by atoms with Crippen LogP contribution in [0.3, 0.4) is 0 Å². The molecule has 27 heavy (non-hydrogen) atoms. The maximum atomic E-state index is 11.8. The van der Waals surface area contributed by atoms with E-state index in [1.54, 1.807) is 6.21 Å². The fourth-order valence-electron chi connectivity index (χ4n) is 2.14. The topological polar surface area (TPSA) is 93.8 Å². The minimum Gasteiger partial charge on any atom is -0.483 e. The number of halogens is 1. The Hall–Kier alpha value is -2.74. The molecule has 0 aliphatic carbocycles. The van der Waals surface area contributed by atoms with E-state index in [4.69, 9.17) is 4.74 Å². The van der Waals surface area contributed by atoms with E-state index in [0.29, 0.717) is 10.2 Å². The van der Waals surface area contributed by atoms with Crippen molar-refractivity contribution in [3.63, 3.8) is 0 Å². The van der Waals surface area contributed by atoms with Gasteiger partial charge in [-0.3, -0.25) is 14.9 Å². The van der Waals surface area contributed by atoms with Gasteiger partial charge in [-0.25, -0.2) is 5.43 Å². The van der Waals surface area contributed by atoms with Crippen molar-refractivity contribution in [3.8, 4) is 5.75 Å². The van der Waals surface area contributed by atoms with E-state index in [2.05, 4.69) is 47.2 Å². The number of ether oxygens (including phenoxy) is 1. The van der Waals surface area contributed by atoms with Crippen LogP contribution < -0.4 is 10.2 Å². The molecule has 2 aromatic carbocycles. The summed E-state index contributed by atoms with van der Waals surface area (Å²) < 4.78 is 5.73. The highest BCUT2D eigenvalue weighted by atomic mass is 79.9. The van der Waals surface area contributed by atoms with Crippen molar-refractivity contribution < 1.29 is 14.5 Å². The molecule has 142 valence electrons. The summed E-state index contributed by atoms with van der Waals surface area (Å²) in [6, 6.07) is 12.0. The normalized spacial score (nSPS) is 11.4. The van der Waals surface area contributed by atoms with E-state index >= 15 is 0 Å². The summed E-state index contributed by atoms with van der Waals surface area (Å²) in [4.78, 5) is 22.0. The lowest BCUT2D eigenvalue weighted by atomic mass is 9.87. The summed E-state index contributed by atoms with van der Waals surface area (Å²) in [5, 5.41) is 14.6. The molecule has 0 heterocycles. The number of hydrogen-bond acceptors (Lipinski definition) is 5. The van der Waals surface area contributed by atoms with Gasteiger partial charge in [-0.2, -0.15) is 5.10 Å². The van der Waals surface area contributed by atoms with Gasteiger partial charge in [-0.05, 0) is 38.5 Å². The number of nitrogens with one attached hydrogen (secondary N) is 1. The molecule has 0 fully saturated rings. The molecular weight excluding hydrogens is 414 g/mol. The lowest BCUT2D eigenvalue weighted by molar-refractivity contribution is -0.384. The average molecular weight is 434 g/mol. The highest BCUT2D eigenvalue weighted by molar-refractivity contribution is 9.10. The molecule has 0 spiro atoms. The van der Waals surface area contributed by atoms with Crippen molar-refractivity contribution in [1.82, 2.24) is 5.43 Å². The Bertz CT molecular complexity index is 858. The SMILES string of the molecule is CC(C)(C)c1ccc(/C=N\NC(=O)COc2ccc([N+](=O)[O-])cc2Br)cc1. The standard InChI is InChI=1S/C19H20BrN3O4/c1-19(2,3)14-6-4-13(5-7-14)11-21-22-18(24)12-27-17-9-8-15(23(25)26)10-16(17)20/h4-11H,12H2,1-3H3,(H,22,24)/b21-11-. The molecule has 2 aromatic rings. The molecule has 0 aromatic heterocycles. The molecular formula is C19H20BrN3O4. The largest absolute Gasteiger partial charge is 0.483 e. The van der Waals surface area contributed by atoms with E-state index in [-0.39, 0.29) is 17.7 Å². The van der Waals surface area contributed by atoms with Crippen LogP contribution in [0.4, 0.5) is 5.69 Å². The molecule has 1 amide bonds. The number of nitrogens with zero attached hydrogens (tertiary/aromatic N) is 2. The Kier molecular flexibility index (Phi) is 6.68. The van der Waals surface area contributed by atoms with Gasteiger partial charge in [0, 0.05) is 12.1 Å². The van der Waals surface area contributed by atoms with E-state index in [0.717, 1.165) is 5.56 Å². The van der Waals surface area contributed by atoms with Gasteiger partial charge in [0.15, 0.2) is 6.61 Å². The first-order chi connectivity index (χ1) is 12.7. The molecule has 1 N–H and O–H groups in total. The fraction of sp³-hybridized carbons (Fsp3) is 0.263. The number of nitro benzene ring substituents is 1. The van der Waals surface area contributed by atoms with Crippen LogP contribution in [0.5, 0.6) is 5.75 Å². The number of amides is 1. The maximum absolute atomic E-state index is 11.8. The van der Waals surface area contributed by atoms with Crippen LogP contribution >= 0.6 is 15.9 Å². The molecule has 0 bridgehead atoms. The summed E-state index contributed by atoms with van der Waals surface area (Å²) in [7, 11) is 0. The number of benzene rings is 2. The first-order valence-corrected chi connectivity index (χ1v) is 8.95. The van der Waals surface area contributed by atoms with Crippen molar-refractivity contribution in [2.75, 3.05) is 6.61 Å². The van der Waals surface area contributed by atoms with Gasteiger partial charge in [0.05, 0.1) is 15.6 Å². The molecule has 0 saturated heterocycles. The van der Waals surface area contributed by atoms with Crippen LogP contribution in [0.15, 0.2) is 52.0 Å². The van der Waals surface area contributed by atoms with Crippen molar-refractivity contribution in [3.05, 3.63) is 68.2 Å². The van der Waals surface area contributed by atoms with Gasteiger partial charge in [0.25, 0.3) is 11.6 Å². The molecule has 0 aliphatic rings. The lowest BCUT2D eigenvalue weighted by Gasteiger charge is -2.18. The Morgan fingerprint density at radius 1 is 1.26 bits per heavy atom. The van der Waals surface area contributed by atoms with Gasteiger partial charge in [0.1, 0.15) is 5.75 Å². The van der Waals surface area contributed by atoms with Crippen LogP contribution in [0.25, 0.3) is 0 Å². The summed E-state index contributed by atoms with van der Waals surface area (Å²) in [5.41, 5.74) is 4.46. The molecule has 7 nitrogen and oxygen atoms in total. The zero-order chi connectivity index (χ0) is 20.0. The van der Waals surface area contributed by atoms with Crippen LogP contribution in [0.2, 0.25) is 0 Å². The zero-order valence-electron chi connectivity index (χ0n) is 15.2. The third-order valence-corrected chi connectivity index (χ3v) is 4.28.